The smallest absolute Gasteiger partial charge is 0.356 e. The molecule has 3 aromatic carbocycles. The highest BCUT2D eigenvalue weighted by atomic mass is 35.5. The quantitative estimate of drug-likeness (QED) is 0.342. The molecule has 3 amide bonds. The van der Waals surface area contributed by atoms with Gasteiger partial charge in [-0.05, 0) is 35.9 Å². The first-order valence-electron chi connectivity index (χ1n) is 9.90. The van der Waals surface area contributed by atoms with E-state index in [1.165, 1.54) is 24.3 Å². The summed E-state index contributed by atoms with van der Waals surface area (Å²) < 4.78 is 5.23. The number of hydrogen-bond donors (Lipinski definition) is 1. The first-order chi connectivity index (χ1) is 16.0. The Morgan fingerprint density at radius 3 is 2.06 bits per heavy atom. The Morgan fingerprint density at radius 1 is 0.848 bits per heavy atom. The van der Waals surface area contributed by atoms with Crippen molar-refractivity contribution in [3.8, 4) is 0 Å². The van der Waals surface area contributed by atoms with Crippen molar-refractivity contribution in [1.82, 2.24) is 10.2 Å². The van der Waals surface area contributed by atoms with Crippen LogP contribution in [0.25, 0.3) is 6.08 Å². The van der Waals surface area contributed by atoms with E-state index in [2.05, 4.69) is 5.32 Å². The Hall–Kier alpha value is -4.23. The summed E-state index contributed by atoms with van der Waals surface area (Å²) in [6, 6.07) is 21.5. The molecule has 1 N–H and O–H groups in total. The fraction of sp³-hybridized carbons (Fsp3) is 0.0400. The zero-order valence-electron chi connectivity index (χ0n) is 17.2. The third-order valence-corrected chi connectivity index (χ3v) is 5.23. The molecule has 33 heavy (non-hydrogen) atoms. The zero-order valence-corrected chi connectivity index (χ0v) is 17.9. The van der Waals surface area contributed by atoms with Crippen LogP contribution in [0.3, 0.4) is 0 Å². The van der Waals surface area contributed by atoms with Gasteiger partial charge in [0.1, 0.15) is 5.70 Å². The van der Waals surface area contributed by atoms with Crippen molar-refractivity contribution in [2.75, 3.05) is 6.73 Å². The third kappa shape index (κ3) is 4.68. The van der Waals surface area contributed by atoms with E-state index in [0.717, 1.165) is 4.90 Å². The summed E-state index contributed by atoms with van der Waals surface area (Å²) in [5.74, 6) is -2.65. The van der Waals surface area contributed by atoms with Gasteiger partial charge in [0.05, 0.1) is 21.7 Å². The molecule has 0 saturated carbocycles. The lowest BCUT2D eigenvalue weighted by Gasteiger charge is -2.16. The van der Waals surface area contributed by atoms with Crippen LogP contribution in [-0.2, 0) is 9.53 Å². The van der Waals surface area contributed by atoms with E-state index in [0.29, 0.717) is 5.56 Å². The van der Waals surface area contributed by atoms with Gasteiger partial charge in [-0.3, -0.25) is 14.4 Å². The standard InChI is InChI=1S/C25H17ClN2O5/c26-20-13-7-6-12-19(20)22(29)27-21(14-16-8-2-1-3-9-16)25(32)33-15-28-23(30)17-10-4-5-11-18(17)24(28)31/h1-14H,15H2,(H,27,29)/b21-14-. The molecule has 1 aliphatic rings. The molecule has 1 heterocycles. The molecule has 0 aromatic heterocycles. The molecule has 4 rings (SSSR count). The summed E-state index contributed by atoms with van der Waals surface area (Å²) in [5.41, 5.74) is 1.11. The number of halogens is 1. The largest absolute Gasteiger partial charge is 0.439 e. The maximum Gasteiger partial charge on any atom is 0.356 e. The van der Waals surface area contributed by atoms with Gasteiger partial charge in [0.15, 0.2) is 6.73 Å². The van der Waals surface area contributed by atoms with Gasteiger partial charge in [-0.15, -0.1) is 0 Å². The van der Waals surface area contributed by atoms with Crippen LogP contribution in [0, 0.1) is 0 Å². The number of ether oxygens (including phenoxy) is 1. The van der Waals surface area contributed by atoms with Crippen LogP contribution in [0.5, 0.6) is 0 Å². The highest BCUT2D eigenvalue weighted by Gasteiger charge is 2.36. The van der Waals surface area contributed by atoms with E-state index in [9.17, 15) is 19.2 Å². The molecule has 3 aromatic rings. The van der Waals surface area contributed by atoms with E-state index in [-0.39, 0.29) is 27.4 Å². The van der Waals surface area contributed by atoms with Crippen LogP contribution in [0.1, 0.15) is 36.6 Å². The monoisotopic (exact) mass is 460 g/mol. The molecule has 0 spiro atoms. The average molecular weight is 461 g/mol. The fourth-order valence-electron chi connectivity index (χ4n) is 3.25. The molecule has 0 radical (unpaired) electrons. The van der Waals surface area contributed by atoms with Crippen molar-refractivity contribution >= 4 is 41.4 Å². The van der Waals surface area contributed by atoms with Gasteiger partial charge in [0, 0.05) is 0 Å². The Bertz CT molecular complexity index is 1250. The van der Waals surface area contributed by atoms with Crippen molar-refractivity contribution in [3.63, 3.8) is 0 Å². The molecule has 0 aliphatic carbocycles. The number of amides is 3. The summed E-state index contributed by atoms with van der Waals surface area (Å²) in [6.45, 7) is -0.598. The molecular weight excluding hydrogens is 444 g/mol. The van der Waals surface area contributed by atoms with Crippen LogP contribution in [0.4, 0.5) is 0 Å². The third-order valence-electron chi connectivity index (χ3n) is 4.90. The molecule has 0 unspecified atom stereocenters. The molecule has 0 saturated heterocycles. The van der Waals surface area contributed by atoms with E-state index in [1.807, 2.05) is 0 Å². The van der Waals surface area contributed by atoms with Gasteiger partial charge >= 0.3 is 5.97 Å². The maximum atomic E-state index is 12.9. The SMILES string of the molecule is O=C(OCN1C(=O)c2ccccc2C1=O)/C(=C/c1ccccc1)NC(=O)c1ccccc1Cl. The molecule has 0 bridgehead atoms. The Labute approximate surface area is 194 Å². The number of imide groups is 1. The molecule has 8 heteroatoms. The summed E-state index contributed by atoms with van der Waals surface area (Å²) in [5, 5.41) is 2.73. The molecular formula is C25H17ClN2O5. The molecule has 7 nitrogen and oxygen atoms in total. The Kier molecular flexibility index (Phi) is 6.33. The van der Waals surface area contributed by atoms with Gasteiger partial charge in [-0.2, -0.15) is 0 Å². The minimum absolute atomic E-state index is 0.172. The Balaban J connectivity index is 1.53. The van der Waals surface area contributed by atoms with E-state index < -0.39 is 30.4 Å². The van der Waals surface area contributed by atoms with Gasteiger partial charge in [-0.25, -0.2) is 9.69 Å². The van der Waals surface area contributed by atoms with Crippen LogP contribution in [0.15, 0.2) is 84.6 Å². The summed E-state index contributed by atoms with van der Waals surface area (Å²) in [4.78, 5) is 51.4. The predicted molar refractivity (Wildman–Crippen MR) is 121 cm³/mol. The number of benzene rings is 3. The number of carbonyl (C=O) groups is 4. The van der Waals surface area contributed by atoms with E-state index in [4.69, 9.17) is 16.3 Å². The number of esters is 1. The van der Waals surface area contributed by atoms with Gasteiger partial charge < -0.3 is 10.1 Å². The van der Waals surface area contributed by atoms with Gasteiger partial charge in [0.25, 0.3) is 17.7 Å². The maximum absolute atomic E-state index is 12.9. The summed E-state index contributed by atoms with van der Waals surface area (Å²) >= 11 is 6.09. The number of carbonyl (C=O) groups excluding carboxylic acids is 4. The first kappa shape index (κ1) is 22.0. The highest BCUT2D eigenvalue weighted by molar-refractivity contribution is 6.34. The van der Waals surface area contributed by atoms with Crippen molar-refractivity contribution in [2.45, 2.75) is 0 Å². The molecule has 1 aliphatic heterocycles. The molecule has 0 fully saturated rings. The first-order valence-corrected chi connectivity index (χ1v) is 10.3. The minimum Gasteiger partial charge on any atom is -0.439 e. The van der Waals surface area contributed by atoms with Crippen molar-refractivity contribution in [1.29, 1.82) is 0 Å². The van der Waals surface area contributed by atoms with E-state index >= 15 is 0 Å². The van der Waals surface area contributed by atoms with Gasteiger partial charge in [0.2, 0.25) is 0 Å². The lowest BCUT2D eigenvalue weighted by molar-refractivity contribution is -0.141. The number of nitrogens with zero attached hydrogens (tertiary/aromatic N) is 1. The second-order valence-corrected chi connectivity index (χ2v) is 7.45. The van der Waals surface area contributed by atoms with Gasteiger partial charge in [-0.1, -0.05) is 66.2 Å². The topological polar surface area (TPSA) is 92.8 Å². The van der Waals surface area contributed by atoms with Crippen molar-refractivity contribution in [2.24, 2.45) is 0 Å². The van der Waals surface area contributed by atoms with Crippen LogP contribution >= 0.6 is 11.6 Å². The summed E-state index contributed by atoms with van der Waals surface area (Å²) in [6.07, 6.45) is 1.43. The van der Waals surface area contributed by atoms with Crippen LogP contribution in [0.2, 0.25) is 5.02 Å². The number of nitrogens with one attached hydrogen (secondary N) is 1. The average Bonchev–Trinajstić information content (AvgIpc) is 3.07. The minimum atomic E-state index is -0.921. The zero-order chi connectivity index (χ0) is 23.4. The molecule has 164 valence electrons. The highest BCUT2D eigenvalue weighted by Crippen LogP contribution is 2.22. The number of fused-ring (bicyclic) bond motifs is 1. The fourth-order valence-corrected chi connectivity index (χ4v) is 3.48. The summed E-state index contributed by atoms with van der Waals surface area (Å²) in [7, 11) is 0. The molecule has 0 atom stereocenters. The lowest BCUT2D eigenvalue weighted by Crippen LogP contribution is -2.35. The van der Waals surface area contributed by atoms with Crippen LogP contribution in [-0.4, -0.2) is 35.3 Å². The van der Waals surface area contributed by atoms with Crippen molar-refractivity contribution in [3.05, 3.63) is 112 Å². The number of rotatable bonds is 6. The second-order valence-electron chi connectivity index (χ2n) is 7.05. The second kappa shape index (κ2) is 9.50. The van der Waals surface area contributed by atoms with E-state index in [1.54, 1.807) is 60.7 Å². The number of hydrogen-bond acceptors (Lipinski definition) is 5. The Morgan fingerprint density at radius 2 is 1.42 bits per heavy atom. The normalized spacial score (nSPS) is 13.0. The lowest BCUT2D eigenvalue weighted by atomic mass is 10.1. The van der Waals surface area contributed by atoms with Crippen LogP contribution < -0.4 is 5.32 Å². The predicted octanol–water partition coefficient (Wildman–Crippen LogP) is 3.91. The van der Waals surface area contributed by atoms with Crippen molar-refractivity contribution < 1.29 is 23.9 Å².